The van der Waals surface area contributed by atoms with Crippen LogP contribution in [0, 0.1) is 0 Å². The summed E-state index contributed by atoms with van der Waals surface area (Å²) in [5, 5.41) is 2.90. The molecule has 10 nitrogen and oxygen atoms in total. The highest BCUT2D eigenvalue weighted by Crippen LogP contribution is 2.21. The van der Waals surface area contributed by atoms with Crippen LogP contribution in [-0.4, -0.2) is 115 Å². The minimum atomic E-state index is -0.879. The third-order valence-electron chi connectivity index (χ3n) is 8.00. The van der Waals surface area contributed by atoms with Crippen molar-refractivity contribution in [3.63, 3.8) is 0 Å². The molecule has 1 fully saturated rings. The Morgan fingerprint density at radius 1 is 0.927 bits per heavy atom. The van der Waals surface area contributed by atoms with Crippen molar-refractivity contribution in [1.29, 1.82) is 0 Å². The van der Waals surface area contributed by atoms with E-state index in [9.17, 15) is 19.2 Å². The van der Waals surface area contributed by atoms with E-state index in [1.165, 1.54) is 4.90 Å². The van der Waals surface area contributed by atoms with Crippen LogP contribution in [0.4, 0.5) is 0 Å². The summed E-state index contributed by atoms with van der Waals surface area (Å²) in [6.45, 7) is 5.71. The lowest BCUT2D eigenvalue weighted by atomic mass is 10.1. The van der Waals surface area contributed by atoms with Crippen LogP contribution in [-0.2, 0) is 20.8 Å². The monoisotopic (exact) mass is 563 g/mol. The average Bonchev–Trinajstić information content (AvgIpc) is 3.00. The minimum absolute atomic E-state index is 0.0185. The lowest BCUT2D eigenvalue weighted by Gasteiger charge is -2.36. The van der Waals surface area contributed by atoms with Gasteiger partial charge in [-0.2, -0.15) is 0 Å². The lowest BCUT2D eigenvalue weighted by Crippen LogP contribution is -2.55. The molecule has 1 N–H and O–H groups in total. The number of amides is 4. The van der Waals surface area contributed by atoms with Crippen molar-refractivity contribution in [1.82, 2.24) is 24.9 Å². The van der Waals surface area contributed by atoms with E-state index >= 15 is 0 Å². The maximum absolute atomic E-state index is 13.6. The van der Waals surface area contributed by atoms with Crippen LogP contribution >= 0.6 is 0 Å². The first-order valence-electron chi connectivity index (χ1n) is 14.3. The third kappa shape index (κ3) is 7.85. The first kappa shape index (κ1) is 30.0. The quantitative estimate of drug-likeness (QED) is 0.607. The van der Waals surface area contributed by atoms with Crippen LogP contribution in [0.25, 0.3) is 0 Å². The van der Waals surface area contributed by atoms with Gasteiger partial charge in [-0.3, -0.25) is 19.2 Å². The van der Waals surface area contributed by atoms with Gasteiger partial charge >= 0.3 is 0 Å². The summed E-state index contributed by atoms with van der Waals surface area (Å²) >= 11 is 0. The zero-order chi connectivity index (χ0) is 29.4. The standard InChI is InChI=1S/C31H41N5O5/c1-4-35-16-18-36(19-17-35)31(40)26-14-15-28(37)33(2)21-29(38)34(3)24(20-23-10-6-5-7-11-23)22-41-27-13-9-8-12-25(27)30(39)32-26/h5-13,24,26H,4,14-22H2,1-3H3,(H,32,39)/t24-,26+/m1/s1. The summed E-state index contributed by atoms with van der Waals surface area (Å²) in [6.07, 6.45) is 0.688. The molecule has 0 spiro atoms. The van der Waals surface area contributed by atoms with Crippen LogP contribution in [0.5, 0.6) is 5.75 Å². The second-order valence-corrected chi connectivity index (χ2v) is 10.7. The van der Waals surface area contributed by atoms with Gasteiger partial charge in [0.25, 0.3) is 5.91 Å². The van der Waals surface area contributed by atoms with Gasteiger partial charge in [0.05, 0.1) is 18.2 Å². The summed E-state index contributed by atoms with van der Waals surface area (Å²) in [5.74, 6) is -0.753. The lowest BCUT2D eigenvalue weighted by molar-refractivity contribution is -0.140. The van der Waals surface area contributed by atoms with Crippen LogP contribution in [0.1, 0.15) is 35.7 Å². The Kier molecular flexibility index (Phi) is 10.3. The van der Waals surface area contributed by atoms with E-state index in [0.29, 0.717) is 30.8 Å². The fourth-order valence-corrected chi connectivity index (χ4v) is 5.22. The highest BCUT2D eigenvalue weighted by Gasteiger charge is 2.31. The second-order valence-electron chi connectivity index (χ2n) is 10.7. The van der Waals surface area contributed by atoms with Gasteiger partial charge in [0.15, 0.2) is 0 Å². The SMILES string of the molecule is CCN1CCN(C(=O)[C@@H]2CCC(=O)N(C)CC(=O)N(C)[C@H](Cc3ccccc3)COc3ccccc3C(=O)N2)CC1. The van der Waals surface area contributed by atoms with Crippen LogP contribution in [0.3, 0.4) is 0 Å². The molecule has 2 aromatic carbocycles. The number of piperazine rings is 1. The first-order chi connectivity index (χ1) is 19.8. The summed E-state index contributed by atoms with van der Waals surface area (Å²) in [6, 6.07) is 15.5. The molecule has 0 saturated carbocycles. The Balaban J connectivity index is 1.60. The third-order valence-corrected chi connectivity index (χ3v) is 8.00. The minimum Gasteiger partial charge on any atom is -0.491 e. The molecular weight excluding hydrogens is 522 g/mol. The Morgan fingerprint density at radius 2 is 1.61 bits per heavy atom. The molecule has 2 atom stereocenters. The number of benzene rings is 2. The van der Waals surface area contributed by atoms with E-state index in [1.54, 1.807) is 48.2 Å². The molecule has 0 bridgehead atoms. The molecule has 0 aliphatic carbocycles. The predicted octanol–water partition coefficient (Wildman–Crippen LogP) is 1.65. The largest absolute Gasteiger partial charge is 0.491 e. The molecule has 220 valence electrons. The van der Waals surface area contributed by atoms with Crippen LogP contribution in [0.15, 0.2) is 54.6 Å². The van der Waals surface area contributed by atoms with Gasteiger partial charge in [0, 0.05) is 46.7 Å². The number of para-hydroxylation sites is 1. The van der Waals surface area contributed by atoms with Gasteiger partial charge in [-0.15, -0.1) is 0 Å². The number of carbonyl (C=O) groups is 4. The fraction of sp³-hybridized carbons (Fsp3) is 0.484. The number of nitrogens with zero attached hydrogens (tertiary/aromatic N) is 4. The molecule has 4 amide bonds. The summed E-state index contributed by atoms with van der Waals surface area (Å²) < 4.78 is 6.19. The van der Waals surface area contributed by atoms with Gasteiger partial charge in [-0.25, -0.2) is 0 Å². The predicted molar refractivity (Wildman–Crippen MR) is 155 cm³/mol. The number of nitrogens with one attached hydrogen (secondary N) is 1. The highest BCUT2D eigenvalue weighted by molar-refractivity contribution is 5.99. The molecule has 41 heavy (non-hydrogen) atoms. The van der Waals surface area contributed by atoms with Crippen molar-refractivity contribution in [2.75, 3.05) is 60.0 Å². The molecule has 2 aromatic rings. The van der Waals surface area contributed by atoms with E-state index < -0.39 is 11.9 Å². The zero-order valence-corrected chi connectivity index (χ0v) is 24.3. The second kappa shape index (κ2) is 14.1. The summed E-state index contributed by atoms with van der Waals surface area (Å²) in [7, 11) is 3.30. The average molecular weight is 564 g/mol. The molecule has 0 unspecified atom stereocenters. The molecule has 2 heterocycles. The van der Waals surface area contributed by atoms with Crippen molar-refractivity contribution in [3.05, 3.63) is 65.7 Å². The van der Waals surface area contributed by atoms with E-state index in [1.807, 2.05) is 30.3 Å². The fourth-order valence-electron chi connectivity index (χ4n) is 5.22. The van der Waals surface area contributed by atoms with Gasteiger partial charge < -0.3 is 29.7 Å². The van der Waals surface area contributed by atoms with Gasteiger partial charge in [0.1, 0.15) is 18.4 Å². The van der Waals surface area contributed by atoms with Gasteiger partial charge in [-0.1, -0.05) is 49.4 Å². The van der Waals surface area contributed by atoms with Crippen molar-refractivity contribution < 1.29 is 23.9 Å². The topological polar surface area (TPSA) is 102 Å². The Labute approximate surface area is 242 Å². The van der Waals surface area contributed by atoms with Crippen molar-refractivity contribution in [3.8, 4) is 5.75 Å². The molecule has 10 heteroatoms. The number of carbonyl (C=O) groups excluding carboxylic acids is 4. The van der Waals surface area contributed by atoms with Crippen molar-refractivity contribution >= 4 is 23.6 Å². The van der Waals surface area contributed by atoms with Crippen LogP contribution in [0.2, 0.25) is 0 Å². The molecule has 2 aliphatic heterocycles. The number of fused-ring (bicyclic) bond motifs is 1. The molecule has 0 aromatic heterocycles. The van der Waals surface area contributed by atoms with Crippen molar-refractivity contribution in [2.45, 2.75) is 38.3 Å². The Bertz CT molecular complexity index is 1210. The van der Waals surface area contributed by atoms with E-state index in [-0.39, 0.29) is 49.8 Å². The normalized spacial score (nSPS) is 21.8. The Hall–Kier alpha value is -3.92. The Morgan fingerprint density at radius 3 is 2.32 bits per heavy atom. The van der Waals surface area contributed by atoms with E-state index in [0.717, 1.165) is 25.2 Å². The smallest absolute Gasteiger partial charge is 0.255 e. The first-order valence-corrected chi connectivity index (χ1v) is 14.3. The number of rotatable bonds is 4. The molecule has 1 saturated heterocycles. The van der Waals surface area contributed by atoms with E-state index in [4.69, 9.17) is 4.74 Å². The van der Waals surface area contributed by atoms with Gasteiger partial charge in [0.2, 0.25) is 17.7 Å². The number of hydrogen-bond donors (Lipinski definition) is 1. The van der Waals surface area contributed by atoms with Crippen LogP contribution < -0.4 is 10.1 Å². The number of hydrogen-bond acceptors (Lipinski definition) is 6. The highest BCUT2D eigenvalue weighted by atomic mass is 16.5. The summed E-state index contributed by atoms with van der Waals surface area (Å²) in [4.78, 5) is 60.5. The van der Waals surface area contributed by atoms with E-state index in [2.05, 4.69) is 17.1 Å². The molecule has 4 rings (SSSR count). The zero-order valence-electron chi connectivity index (χ0n) is 24.3. The maximum atomic E-state index is 13.6. The molecule has 0 radical (unpaired) electrons. The van der Waals surface area contributed by atoms with Crippen molar-refractivity contribution in [2.24, 2.45) is 0 Å². The molecule has 2 aliphatic rings. The van der Waals surface area contributed by atoms with Gasteiger partial charge in [-0.05, 0) is 37.1 Å². The maximum Gasteiger partial charge on any atom is 0.255 e. The molecular formula is C31H41N5O5. The number of likely N-dealkylation sites (N-methyl/N-ethyl adjacent to an activating group) is 3. The summed E-state index contributed by atoms with van der Waals surface area (Å²) in [5.41, 5.74) is 1.34. The number of ether oxygens (including phenoxy) is 1.